The molecule has 0 spiro atoms. The number of hydrogen-bond acceptors (Lipinski definition) is 5. The van der Waals surface area contributed by atoms with Crippen LogP contribution in [0.5, 0.6) is 0 Å². The number of carbonyl (C=O) groups is 1. The van der Waals surface area contributed by atoms with Crippen LogP contribution in [0.2, 0.25) is 0 Å². The molecule has 3 aromatic heterocycles. The van der Waals surface area contributed by atoms with Crippen molar-refractivity contribution in [3.05, 3.63) is 78.5 Å². The molecule has 0 fully saturated rings. The Morgan fingerprint density at radius 2 is 1.75 bits per heavy atom. The highest BCUT2D eigenvalue weighted by molar-refractivity contribution is 5.97. The SMILES string of the molecule is Cc1ccnc(C)c1Nc1cc(-c2ccc3ccn(C)c3c2)c2nccnc2c1.NC=O. The van der Waals surface area contributed by atoms with Gasteiger partial charge in [0.05, 0.1) is 22.4 Å². The summed E-state index contributed by atoms with van der Waals surface area (Å²) >= 11 is 0. The second-order valence-corrected chi connectivity index (χ2v) is 7.50. The average molecular weight is 425 g/mol. The number of pyridine rings is 1. The first-order valence-electron chi connectivity index (χ1n) is 10.2. The Bertz CT molecular complexity index is 1400. The molecule has 1 amide bonds. The van der Waals surface area contributed by atoms with E-state index < -0.39 is 0 Å². The molecule has 3 N–H and O–H groups in total. The molecule has 7 nitrogen and oxygen atoms in total. The summed E-state index contributed by atoms with van der Waals surface area (Å²) in [6, 6.07) is 14.8. The Morgan fingerprint density at radius 1 is 0.969 bits per heavy atom. The van der Waals surface area contributed by atoms with E-state index >= 15 is 0 Å². The number of hydrogen-bond donors (Lipinski definition) is 2. The minimum Gasteiger partial charge on any atom is -0.372 e. The average Bonchev–Trinajstić information content (AvgIpc) is 3.16. The van der Waals surface area contributed by atoms with Crippen LogP contribution in [0.3, 0.4) is 0 Å². The zero-order chi connectivity index (χ0) is 22.7. The molecular formula is C25H24N6O. The summed E-state index contributed by atoms with van der Waals surface area (Å²) in [5.74, 6) is 0. The van der Waals surface area contributed by atoms with E-state index in [0.29, 0.717) is 0 Å². The van der Waals surface area contributed by atoms with E-state index in [9.17, 15) is 0 Å². The number of fused-ring (bicyclic) bond motifs is 2. The molecule has 5 rings (SSSR count). The van der Waals surface area contributed by atoms with Crippen LogP contribution in [0.1, 0.15) is 11.3 Å². The third-order valence-corrected chi connectivity index (χ3v) is 5.39. The van der Waals surface area contributed by atoms with Crippen molar-refractivity contribution in [3.8, 4) is 11.1 Å². The standard InChI is InChI=1S/C24H21N5.CH3NO/c1-15-6-8-25-16(2)23(15)28-19-13-20(24-21(14-19)26-9-10-27-24)18-5-4-17-7-11-29(3)22(17)12-18;2-1-3/h4-14,28H,1-3H3;1H,(H2,2,3). The lowest BCUT2D eigenvalue weighted by Crippen LogP contribution is -1.99. The van der Waals surface area contributed by atoms with Gasteiger partial charge in [-0.3, -0.25) is 19.7 Å². The lowest BCUT2D eigenvalue weighted by molar-refractivity contribution is -0.106. The van der Waals surface area contributed by atoms with E-state index in [1.54, 1.807) is 12.4 Å². The molecule has 32 heavy (non-hydrogen) atoms. The van der Waals surface area contributed by atoms with Gasteiger partial charge in [-0.1, -0.05) is 12.1 Å². The highest BCUT2D eigenvalue weighted by Crippen LogP contribution is 2.34. The first kappa shape index (κ1) is 21.0. The van der Waals surface area contributed by atoms with E-state index in [1.165, 1.54) is 10.9 Å². The summed E-state index contributed by atoms with van der Waals surface area (Å²) < 4.78 is 2.14. The maximum atomic E-state index is 8.58. The minimum absolute atomic E-state index is 0.250. The van der Waals surface area contributed by atoms with Gasteiger partial charge in [-0.2, -0.15) is 0 Å². The molecular weight excluding hydrogens is 400 g/mol. The van der Waals surface area contributed by atoms with Gasteiger partial charge in [0, 0.05) is 48.6 Å². The number of nitrogens with one attached hydrogen (secondary N) is 1. The summed E-state index contributed by atoms with van der Waals surface area (Å²) in [5.41, 5.74) is 13.4. The largest absolute Gasteiger partial charge is 0.372 e. The van der Waals surface area contributed by atoms with Crippen molar-refractivity contribution in [1.29, 1.82) is 0 Å². The summed E-state index contributed by atoms with van der Waals surface area (Å²) in [6.45, 7) is 4.10. The summed E-state index contributed by atoms with van der Waals surface area (Å²) in [5, 5.41) is 4.78. The van der Waals surface area contributed by atoms with E-state index in [1.807, 2.05) is 25.3 Å². The molecule has 0 saturated heterocycles. The molecule has 0 aliphatic carbocycles. The van der Waals surface area contributed by atoms with Gasteiger partial charge in [0.15, 0.2) is 0 Å². The van der Waals surface area contributed by atoms with Crippen molar-refractivity contribution in [3.63, 3.8) is 0 Å². The summed E-state index contributed by atoms with van der Waals surface area (Å²) in [6.07, 6.45) is 7.65. The van der Waals surface area contributed by atoms with Crippen molar-refractivity contribution in [2.75, 3.05) is 5.32 Å². The van der Waals surface area contributed by atoms with Crippen LogP contribution >= 0.6 is 0 Å². The van der Waals surface area contributed by atoms with Crippen LogP contribution in [0, 0.1) is 13.8 Å². The topological polar surface area (TPSA) is 98.7 Å². The van der Waals surface area contributed by atoms with Gasteiger partial charge in [-0.25, -0.2) is 0 Å². The van der Waals surface area contributed by atoms with Gasteiger partial charge >= 0.3 is 0 Å². The molecule has 0 saturated carbocycles. The predicted octanol–water partition coefficient (Wildman–Crippen LogP) is 4.65. The molecule has 0 radical (unpaired) electrons. The van der Waals surface area contributed by atoms with Gasteiger partial charge in [0.2, 0.25) is 6.41 Å². The number of nitrogens with zero attached hydrogens (tertiary/aromatic N) is 4. The normalized spacial score (nSPS) is 10.6. The van der Waals surface area contributed by atoms with Crippen LogP contribution in [0.25, 0.3) is 33.1 Å². The first-order valence-corrected chi connectivity index (χ1v) is 10.2. The fraction of sp³-hybridized carbons (Fsp3) is 0.120. The van der Waals surface area contributed by atoms with Gasteiger partial charge in [-0.05, 0) is 60.7 Å². The highest BCUT2D eigenvalue weighted by Gasteiger charge is 2.12. The number of carbonyl (C=O) groups excluding carboxylic acids is 1. The maximum Gasteiger partial charge on any atom is 0.204 e. The number of rotatable bonds is 3. The van der Waals surface area contributed by atoms with Crippen molar-refractivity contribution in [1.82, 2.24) is 19.5 Å². The lowest BCUT2D eigenvalue weighted by Gasteiger charge is -2.14. The second kappa shape index (κ2) is 8.85. The Kier molecular flexibility index (Phi) is 5.81. The lowest BCUT2D eigenvalue weighted by atomic mass is 10.0. The van der Waals surface area contributed by atoms with Crippen LogP contribution < -0.4 is 11.1 Å². The minimum atomic E-state index is 0.250. The molecule has 3 heterocycles. The van der Waals surface area contributed by atoms with Crippen LogP contribution in [-0.2, 0) is 11.8 Å². The van der Waals surface area contributed by atoms with E-state index in [-0.39, 0.29) is 6.41 Å². The van der Waals surface area contributed by atoms with Gasteiger partial charge < -0.3 is 15.6 Å². The molecule has 0 unspecified atom stereocenters. The molecule has 7 heteroatoms. The summed E-state index contributed by atoms with van der Waals surface area (Å²) in [4.78, 5) is 22.2. The molecule has 0 bridgehead atoms. The van der Waals surface area contributed by atoms with E-state index in [0.717, 1.165) is 44.8 Å². The van der Waals surface area contributed by atoms with Crippen molar-refractivity contribution in [2.24, 2.45) is 12.8 Å². The number of benzene rings is 2. The Morgan fingerprint density at radius 3 is 2.53 bits per heavy atom. The molecule has 5 aromatic rings. The van der Waals surface area contributed by atoms with Crippen molar-refractivity contribution < 1.29 is 4.79 Å². The zero-order valence-electron chi connectivity index (χ0n) is 18.2. The predicted molar refractivity (Wildman–Crippen MR) is 129 cm³/mol. The summed E-state index contributed by atoms with van der Waals surface area (Å²) in [7, 11) is 2.07. The van der Waals surface area contributed by atoms with E-state index in [4.69, 9.17) is 4.79 Å². The van der Waals surface area contributed by atoms with Gasteiger partial charge in [0.1, 0.15) is 0 Å². The number of nitrogens with two attached hydrogens (primary N) is 1. The van der Waals surface area contributed by atoms with Gasteiger partial charge in [0.25, 0.3) is 0 Å². The number of amides is 1. The number of primary amides is 1. The molecule has 0 atom stereocenters. The maximum absolute atomic E-state index is 8.58. The quantitative estimate of drug-likeness (QED) is 0.411. The highest BCUT2D eigenvalue weighted by atomic mass is 16.1. The number of aromatic nitrogens is 4. The number of anilines is 2. The van der Waals surface area contributed by atoms with Crippen LogP contribution in [0.4, 0.5) is 11.4 Å². The molecule has 2 aromatic carbocycles. The van der Waals surface area contributed by atoms with Crippen LogP contribution in [0.15, 0.2) is 67.3 Å². The fourth-order valence-corrected chi connectivity index (χ4v) is 3.82. The first-order chi connectivity index (χ1) is 15.5. The third-order valence-electron chi connectivity index (χ3n) is 5.39. The Balaban J connectivity index is 0.000000775. The molecule has 0 aliphatic heterocycles. The van der Waals surface area contributed by atoms with Crippen molar-refractivity contribution >= 4 is 39.7 Å². The molecule has 0 aliphatic rings. The number of aryl methyl sites for hydroxylation is 3. The van der Waals surface area contributed by atoms with Gasteiger partial charge in [-0.15, -0.1) is 0 Å². The second-order valence-electron chi connectivity index (χ2n) is 7.50. The van der Waals surface area contributed by atoms with Crippen LogP contribution in [-0.4, -0.2) is 25.9 Å². The molecule has 160 valence electrons. The smallest absolute Gasteiger partial charge is 0.204 e. The third kappa shape index (κ3) is 4.00. The van der Waals surface area contributed by atoms with E-state index in [2.05, 4.69) is 81.1 Å². The Labute approximate surface area is 186 Å². The zero-order valence-corrected chi connectivity index (χ0v) is 18.2. The fourth-order valence-electron chi connectivity index (χ4n) is 3.82. The Hall–Kier alpha value is -4.26. The van der Waals surface area contributed by atoms with Crippen molar-refractivity contribution in [2.45, 2.75) is 13.8 Å². The monoisotopic (exact) mass is 424 g/mol.